The quantitative estimate of drug-likeness (QED) is 0.641. The molecule has 0 spiro atoms. The fourth-order valence-electron chi connectivity index (χ4n) is 2.62. The summed E-state index contributed by atoms with van der Waals surface area (Å²) >= 11 is 5.98. The van der Waals surface area contributed by atoms with E-state index in [1.165, 1.54) is 36.3 Å². The van der Waals surface area contributed by atoms with Crippen molar-refractivity contribution in [2.75, 3.05) is 16.7 Å². The Morgan fingerprint density at radius 1 is 1.21 bits per heavy atom. The van der Waals surface area contributed by atoms with Gasteiger partial charge in [0.25, 0.3) is 15.9 Å². The van der Waals surface area contributed by atoms with Crippen LogP contribution in [0.2, 0.25) is 5.15 Å². The molecule has 2 aromatic heterocycles. The molecule has 8 nitrogen and oxygen atoms in total. The molecule has 0 aliphatic heterocycles. The van der Waals surface area contributed by atoms with E-state index in [4.69, 9.17) is 11.6 Å². The van der Waals surface area contributed by atoms with E-state index in [1.807, 2.05) is 6.92 Å². The molecule has 146 valence electrons. The number of halogens is 1. The minimum atomic E-state index is -3.88. The highest BCUT2D eigenvalue weighted by Gasteiger charge is 2.28. The summed E-state index contributed by atoms with van der Waals surface area (Å²) in [7, 11) is -0.949. The number of nitrogens with one attached hydrogen (secondary N) is 1. The van der Waals surface area contributed by atoms with Gasteiger partial charge in [-0.1, -0.05) is 29.3 Å². The number of carbonyl (C=O) groups excluding carboxylic acids is 1. The molecule has 28 heavy (non-hydrogen) atoms. The lowest BCUT2D eigenvalue weighted by atomic mass is 10.2. The first-order valence-corrected chi connectivity index (χ1v) is 10.0. The number of nitrogens with zero attached hydrogens (tertiary/aromatic N) is 4. The predicted molar refractivity (Wildman–Crippen MR) is 107 cm³/mol. The second kappa shape index (κ2) is 7.61. The molecule has 1 amide bonds. The maximum Gasteiger partial charge on any atom is 0.265 e. The summed E-state index contributed by atoms with van der Waals surface area (Å²) in [6.07, 6.45) is 2.80. The van der Waals surface area contributed by atoms with Gasteiger partial charge in [-0.15, -0.1) is 0 Å². The summed E-state index contributed by atoms with van der Waals surface area (Å²) in [5.74, 6) is -0.429. The van der Waals surface area contributed by atoms with Crippen LogP contribution in [-0.2, 0) is 17.1 Å². The minimum Gasteiger partial charge on any atom is -0.319 e. The van der Waals surface area contributed by atoms with Crippen LogP contribution < -0.4 is 9.62 Å². The highest BCUT2D eigenvalue weighted by Crippen LogP contribution is 2.27. The Hall–Kier alpha value is -2.91. The van der Waals surface area contributed by atoms with Crippen molar-refractivity contribution in [1.29, 1.82) is 0 Å². The highest BCUT2D eigenvalue weighted by atomic mass is 35.5. The van der Waals surface area contributed by atoms with Gasteiger partial charge in [0, 0.05) is 20.3 Å². The second-order valence-electron chi connectivity index (χ2n) is 6.09. The Bertz CT molecular complexity index is 1130. The van der Waals surface area contributed by atoms with Gasteiger partial charge in [0.2, 0.25) is 0 Å². The standard InChI is InChI=1S/C18H18ClN5O3S/c1-12-6-8-13(9-7-12)28(26,27)24(3)18-14(11-21-23(18)2)17(25)22-15-5-4-10-20-16(15)19/h4-11H,1-3H3,(H,22,25). The van der Waals surface area contributed by atoms with Crippen LogP contribution in [0.3, 0.4) is 0 Å². The van der Waals surface area contributed by atoms with E-state index in [2.05, 4.69) is 15.4 Å². The lowest BCUT2D eigenvalue weighted by Gasteiger charge is -2.21. The molecule has 0 saturated carbocycles. The molecule has 10 heteroatoms. The zero-order valence-electron chi connectivity index (χ0n) is 15.4. The van der Waals surface area contributed by atoms with Crippen molar-refractivity contribution in [3.05, 3.63) is 65.1 Å². The number of rotatable bonds is 5. The molecule has 1 N–H and O–H groups in total. The monoisotopic (exact) mass is 419 g/mol. The van der Waals surface area contributed by atoms with Crippen molar-refractivity contribution < 1.29 is 13.2 Å². The predicted octanol–water partition coefficient (Wildman–Crippen LogP) is 2.85. The van der Waals surface area contributed by atoms with E-state index >= 15 is 0 Å². The van der Waals surface area contributed by atoms with Crippen LogP contribution in [0, 0.1) is 6.92 Å². The van der Waals surface area contributed by atoms with Crippen molar-refractivity contribution in [3.8, 4) is 0 Å². The van der Waals surface area contributed by atoms with Crippen molar-refractivity contribution in [3.63, 3.8) is 0 Å². The summed E-state index contributed by atoms with van der Waals surface area (Å²) < 4.78 is 28.4. The molecule has 0 unspecified atom stereocenters. The smallest absolute Gasteiger partial charge is 0.265 e. The zero-order chi connectivity index (χ0) is 20.5. The van der Waals surface area contributed by atoms with Gasteiger partial charge in [0.1, 0.15) is 5.56 Å². The fourth-order valence-corrected chi connectivity index (χ4v) is 4.02. The highest BCUT2D eigenvalue weighted by molar-refractivity contribution is 7.92. The maximum atomic E-state index is 13.0. The third-order valence-corrected chi connectivity index (χ3v) is 6.20. The van der Waals surface area contributed by atoms with Crippen LogP contribution in [0.1, 0.15) is 15.9 Å². The Kier molecular flexibility index (Phi) is 5.39. The molecule has 0 bridgehead atoms. The Morgan fingerprint density at radius 3 is 2.54 bits per heavy atom. The van der Waals surface area contributed by atoms with Gasteiger partial charge in [-0.05, 0) is 31.2 Å². The summed E-state index contributed by atoms with van der Waals surface area (Å²) in [6, 6.07) is 9.68. The van der Waals surface area contributed by atoms with E-state index in [1.54, 1.807) is 31.3 Å². The number of pyridine rings is 1. The van der Waals surface area contributed by atoms with Gasteiger partial charge < -0.3 is 5.32 Å². The summed E-state index contributed by atoms with van der Waals surface area (Å²) in [4.78, 5) is 16.8. The van der Waals surface area contributed by atoms with Crippen molar-refractivity contribution in [2.24, 2.45) is 7.05 Å². The van der Waals surface area contributed by atoms with E-state index in [0.29, 0.717) is 5.69 Å². The lowest BCUT2D eigenvalue weighted by molar-refractivity contribution is 0.102. The number of aromatic nitrogens is 3. The number of benzene rings is 1. The molecule has 0 saturated heterocycles. The van der Waals surface area contributed by atoms with E-state index in [-0.39, 0.29) is 21.4 Å². The van der Waals surface area contributed by atoms with Crippen LogP contribution in [0.5, 0.6) is 0 Å². The zero-order valence-corrected chi connectivity index (χ0v) is 17.0. The normalized spacial score (nSPS) is 11.3. The maximum absolute atomic E-state index is 13.0. The average Bonchev–Trinajstić information content (AvgIpc) is 3.04. The molecule has 1 aromatic carbocycles. The number of carbonyl (C=O) groups is 1. The van der Waals surface area contributed by atoms with Gasteiger partial charge in [0.15, 0.2) is 11.0 Å². The Morgan fingerprint density at radius 2 is 1.89 bits per heavy atom. The molecule has 0 aliphatic rings. The fraction of sp³-hybridized carbons (Fsp3) is 0.167. The van der Waals surface area contributed by atoms with Gasteiger partial charge in [-0.3, -0.25) is 13.8 Å². The van der Waals surface area contributed by atoms with Crippen LogP contribution in [0.4, 0.5) is 11.5 Å². The van der Waals surface area contributed by atoms with Crippen LogP contribution in [-0.4, -0.2) is 36.1 Å². The molecular weight excluding hydrogens is 402 g/mol. The van der Waals surface area contributed by atoms with Gasteiger partial charge >= 0.3 is 0 Å². The third-order valence-electron chi connectivity index (χ3n) is 4.14. The molecule has 2 heterocycles. The minimum absolute atomic E-state index is 0.0839. The summed E-state index contributed by atoms with van der Waals surface area (Å²) in [5.41, 5.74) is 1.34. The summed E-state index contributed by atoms with van der Waals surface area (Å²) in [6.45, 7) is 1.87. The van der Waals surface area contributed by atoms with E-state index in [9.17, 15) is 13.2 Å². The topological polar surface area (TPSA) is 97.2 Å². The SMILES string of the molecule is Cc1ccc(S(=O)(=O)N(C)c2c(C(=O)Nc3cccnc3Cl)cnn2C)cc1. The van der Waals surface area contributed by atoms with Gasteiger partial charge in [-0.2, -0.15) is 5.10 Å². The first kappa shape index (κ1) is 19.8. The number of sulfonamides is 1. The summed E-state index contributed by atoms with van der Waals surface area (Å²) in [5, 5.41) is 6.80. The Labute approximate surface area is 167 Å². The van der Waals surface area contributed by atoms with Gasteiger partial charge in [0.05, 0.1) is 16.8 Å². The number of hydrogen-bond donors (Lipinski definition) is 1. The molecule has 3 rings (SSSR count). The van der Waals surface area contributed by atoms with E-state index in [0.717, 1.165) is 9.87 Å². The third kappa shape index (κ3) is 3.71. The molecule has 0 atom stereocenters. The van der Waals surface area contributed by atoms with Crippen molar-refractivity contribution in [2.45, 2.75) is 11.8 Å². The molecule has 0 radical (unpaired) electrons. The Balaban J connectivity index is 1.97. The second-order valence-corrected chi connectivity index (χ2v) is 8.41. The first-order valence-electron chi connectivity index (χ1n) is 8.21. The molecule has 0 fully saturated rings. The molecule has 0 aliphatic carbocycles. The van der Waals surface area contributed by atoms with Crippen LogP contribution in [0.15, 0.2) is 53.7 Å². The first-order chi connectivity index (χ1) is 13.2. The molecular formula is C18H18ClN5O3S. The van der Waals surface area contributed by atoms with Crippen molar-refractivity contribution in [1.82, 2.24) is 14.8 Å². The van der Waals surface area contributed by atoms with Gasteiger partial charge in [-0.25, -0.2) is 13.4 Å². The van der Waals surface area contributed by atoms with E-state index < -0.39 is 15.9 Å². The van der Waals surface area contributed by atoms with Crippen molar-refractivity contribution >= 4 is 39.0 Å². The number of aryl methyl sites for hydroxylation is 2. The largest absolute Gasteiger partial charge is 0.319 e. The lowest BCUT2D eigenvalue weighted by Crippen LogP contribution is -2.30. The average molecular weight is 420 g/mol. The number of amides is 1. The number of anilines is 2. The molecule has 3 aromatic rings. The van der Waals surface area contributed by atoms with Crippen LogP contribution >= 0.6 is 11.6 Å². The van der Waals surface area contributed by atoms with Crippen LogP contribution in [0.25, 0.3) is 0 Å². The number of hydrogen-bond acceptors (Lipinski definition) is 5.